The summed E-state index contributed by atoms with van der Waals surface area (Å²) in [6, 6.07) is 10.1. The lowest BCUT2D eigenvalue weighted by Gasteiger charge is -2.22. The maximum Gasteiger partial charge on any atom is 0.157 e. The Morgan fingerprint density at radius 1 is 1.32 bits per heavy atom. The maximum atomic E-state index is 5.82. The molecule has 1 fully saturated rings. The average Bonchev–Trinajstić information content (AvgIpc) is 2.96. The van der Waals surface area contributed by atoms with E-state index in [0.29, 0.717) is 5.92 Å². The van der Waals surface area contributed by atoms with Gasteiger partial charge in [0.05, 0.1) is 24.7 Å². The minimum Gasteiger partial charge on any atom is -0.490 e. The molecule has 100 valence electrons. The fraction of sp³-hybridized carbons (Fsp3) is 0.400. The third-order valence-corrected chi connectivity index (χ3v) is 3.46. The number of hydrogen-bond acceptors (Lipinski definition) is 3. The maximum absolute atomic E-state index is 5.82. The SMILES string of the molecule is c1ccc(-n2cc(OCC3CCCNC3)cn2)cc1. The summed E-state index contributed by atoms with van der Waals surface area (Å²) in [6.07, 6.45) is 6.21. The largest absolute Gasteiger partial charge is 0.490 e. The Morgan fingerprint density at radius 2 is 2.21 bits per heavy atom. The van der Waals surface area contributed by atoms with E-state index < -0.39 is 0 Å². The van der Waals surface area contributed by atoms with Gasteiger partial charge >= 0.3 is 0 Å². The summed E-state index contributed by atoms with van der Waals surface area (Å²) in [6.45, 7) is 2.97. The first-order chi connectivity index (χ1) is 9.42. The average molecular weight is 257 g/mol. The molecule has 19 heavy (non-hydrogen) atoms. The predicted octanol–water partition coefficient (Wildman–Crippen LogP) is 2.25. The molecular weight excluding hydrogens is 238 g/mol. The zero-order valence-electron chi connectivity index (χ0n) is 11.0. The zero-order chi connectivity index (χ0) is 12.9. The van der Waals surface area contributed by atoms with Gasteiger partial charge in [-0.15, -0.1) is 0 Å². The summed E-state index contributed by atoms with van der Waals surface area (Å²) < 4.78 is 7.67. The highest BCUT2D eigenvalue weighted by molar-refractivity contribution is 5.32. The van der Waals surface area contributed by atoms with Gasteiger partial charge in [-0.25, -0.2) is 4.68 Å². The molecule has 0 radical (unpaired) electrons. The standard InChI is InChI=1S/C15H19N3O/c1-2-6-14(7-3-1)18-11-15(10-17-18)19-12-13-5-4-8-16-9-13/h1-3,6-7,10-11,13,16H,4-5,8-9,12H2. The van der Waals surface area contributed by atoms with Crippen LogP contribution in [0.15, 0.2) is 42.7 Å². The monoisotopic (exact) mass is 257 g/mol. The van der Waals surface area contributed by atoms with E-state index in [4.69, 9.17) is 4.74 Å². The van der Waals surface area contributed by atoms with Crippen LogP contribution in [0.4, 0.5) is 0 Å². The molecule has 1 aliphatic heterocycles. The second-order valence-electron chi connectivity index (χ2n) is 4.98. The van der Waals surface area contributed by atoms with Crippen molar-refractivity contribution in [3.8, 4) is 11.4 Å². The summed E-state index contributed by atoms with van der Waals surface area (Å²) in [5.74, 6) is 1.46. The van der Waals surface area contributed by atoms with Crippen molar-refractivity contribution in [1.82, 2.24) is 15.1 Å². The molecule has 2 aromatic rings. The lowest BCUT2D eigenvalue weighted by Crippen LogP contribution is -2.32. The third kappa shape index (κ3) is 3.15. The second kappa shape index (κ2) is 5.89. The Hall–Kier alpha value is -1.81. The summed E-state index contributed by atoms with van der Waals surface area (Å²) in [5.41, 5.74) is 1.05. The van der Waals surface area contributed by atoms with Gasteiger partial charge in [0.2, 0.25) is 0 Å². The molecule has 1 atom stereocenters. The van der Waals surface area contributed by atoms with Crippen LogP contribution >= 0.6 is 0 Å². The molecule has 2 heterocycles. The van der Waals surface area contributed by atoms with Crippen LogP contribution in [0, 0.1) is 5.92 Å². The van der Waals surface area contributed by atoms with Crippen molar-refractivity contribution in [3.05, 3.63) is 42.7 Å². The van der Waals surface area contributed by atoms with Crippen molar-refractivity contribution in [2.45, 2.75) is 12.8 Å². The summed E-state index contributed by atoms with van der Waals surface area (Å²) >= 11 is 0. The van der Waals surface area contributed by atoms with Crippen molar-refractivity contribution in [1.29, 1.82) is 0 Å². The predicted molar refractivity (Wildman–Crippen MR) is 74.7 cm³/mol. The summed E-state index contributed by atoms with van der Waals surface area (Å²) in [5, 5.41) is 7.73. The van der Waals surface area contributed by atoms with Crippen molar-refractivity contribution in [2.24, 2.45) is 5.92 Å². The number of aromatic nitrogens is 2. The van der Waals surface area contributed by atoms with E-state index in [0.717, 1.165) is 31.1 Å². The first-order valence-corrected chi connectivity index (χ1v) is 6.85. The fourth-order valence-electron chi connectivity index (χ4n) is 2.38. The lowest BCUT2D eigenvalue weighted by atomic mass is 10.0. The van der Waals surface area contributed by atoms with E-state index in [9.17, 15) is 0 Å². The quantitative estimate of drug-likeness (QED) is 0.913. The number of ether oxygens (including phenoxy) is 1. The van der Waals surface area contributed by atoms with Crippen molar-refractivity contribution < 1.29 is 4.74 Å². The molecule has 4 nitrogen and oxygen atoms in total. The highest BCUT2D eigenvalue weighted by Gasteiger charge is 2.13. The van der Waals surface area contributed by atoms with Crippen molar-refractivity contribution >= 4 is 0 Å². The Morgan fingerprint density at radius 3 is 3.00 bits per heavy atom. The molecule has 1 N–H and O–H groups in total. The minimum atomic E-state index is 0.619. The summed E-state index contributed by atoms with van der Waals surface area (Å²) in [4.78, 5) is 0. The Kier molecular flexibility index (Phi) is 3.79. The molecule has 0 bridgehead atoms. The summed E-state index contributed by atoms with van der Waals surface area (Å²) in [7, 11) is 0. The molecule has 1 unspecified atom stereocenters. The molecule has 1 aromatic carbocycles. The van der Waals surface area contributed by atoms with Crippen LogP contribution in [0.25, 0.3) is 5.69 Å². The third-order valence-electron chi connectivity index (χ3n) is 3.46. The van der Waals surface area contributed by atoms with E-state index in [1.165, 1.54) is 12.8 Å². The van der Waals surface area contributed by atoms with Gasteiger partial charge in [-0.05, 0) is 31.5 Å². The van der Waals surface area contributed by atoms with E-state index >= 15 is 0 Å². The number of hydrogen-bond donors (Lipinski definition) is 1. The van der Waals surface area contributed by atoms with Gasteiger partial charge in [0.15, 0.2) is 5.75 Å². The van der Waals surface area contributed by atoms with E-state index in [2.05, 4.69) is 10.4 Å². The zero-order valence-corrected chi connectivity index (χ0v) is 11.0. The van der Waals surface area contributed by atoms with Crippen molar-refractivity contribution in [3.63, 3.8) is 0 Å². The van der Waals surface area contributed by atoms with Gasteiger partial charge in [0.25, 0.3) is 0 Å². The number of piperidine rings is 1. The van der Waals surface area contributed by atoms with Gasteiger partial charge in [0.1, 0.15) is 0 Å². The highest BCUT2D eigenvalue weighted by Crippen LogP contribution is 2.16. The molecule has 0 spiro atoms. The number of benzene rings is 1. The second-order valence-corrected chi connectivity index (χ2v) is 4.98. The van der Waals surface area contributed by atoms with Gasteiger partial charge in [-0.1, -0.05) is 18.2 Å². The van der Waals surface area contributed by atoms with Gasteiger partial charge in [-0.2, -0.15) is 5.10 Å². The van der Waals surface area contributed by atoms with E-state index in [-0.39, 0.29) is 0 Å². The molecule has 0 aliphatic carbocycles. The first-order valence-electron chi connectivity index (χ1n) is 6.85. The number of para-hydroxylation sites is 1. The van der Waals surface area contributed by atoms with Gasteiger partial charge in [-0.3, -0.25) is 0 Å². The van der Waals surface area contributed by atoms with Crippen LogP contribution in [0.1, 0.15) is 12.8 Å². The number of nitrogens with one attached hydrogen (secondary N) is 1. The minimum absolute atomic E-state index is 0.619. The van der Waals surface area contributed by atoms with E-state index in [1.54, 1.807) is 6.20 Å². The van der Waals surface area contributed by atoms with Crippen LogP contribution in [-0.4, -0.2) is 29.5 Å². The lowest BCUT2D eigenvalue weighted by molar-refractivity contribution is 0.218. The highest BCUT2D eigenvalue weighted by atomic mass is 16.5. The Bertz CT molecular complexity index is 503. The van der Waals surface area contributed by atoms with Crippen LogP contribution in [0.5, 0.6) is 5.75 Å². The fourth-order valence-corrected chi connectivity index (χ4v) is 2.38. The number of rotatable bonds is 4. The first kappa shape index (κ1) is 12.2. The number of nitrogens with zero attached hydrogens (tertiary/aromatic N) is 2. The Balaban J connectivity index is 1.59. The molecule has 1 saturated heterocycles. The van der Waals surface area contributed by atoms with Crippen molar-refractivity contribution in [2.75, 3.05) is 19.7 Å². The molecule has 3 rings (SSSR count). The van der Waals surface area contributed by atoms with Crippen LogP contribution in [-0.2, 0) is 0 Å². The van der Waals surface area contributed by atoms with Gasteiger partial charge in [0, 0.05) is 12.5 Å². The molecule has 0 saturated carbocycles. The molecule has 1 aromatic heterocycles. The van der Waals surface area contributed by atoms with Crippen LogP contribution in [0.3, 0.4) is 0 Å². The smallest absolute Gasteiger partial charge is 0.157 e. The molecular formula is C15H19N3O. The van der Waals surface area contributed by atoms with Crippen LogP contribution in [0.2, 0.25) is 0 Å². The molecule has 1 aliphatic rings. The normalized spacial score (nSPS) is 19.3. The molecule has 4 heteroatoms. The molecule has 0 amide bonds. The topological polar surface area (TPSA) is 39.1 Å². The van der Waals surface area contributed by atoms with Gasteiger partial charge < -0.3 is 10.1 Å². The Labute approximate surface area is 113 Å². The van der Waals surface area contributed by atoms with Crippen LogP contribution < -0.4 is 10.1 Å². The van der Waals surface area contributed by atoms with E-state index in [1.807, 2.05) is 41.2 Å².